The van der Waals surface area contributed by atoms with Crippen molar-refractivity contribution in [1.29, 1.82) is 0 Å². The van der Waals surface area contributed by atoms with E-state index in [-0.39, 0.29) is 16.9 Å². The first-order chi connectivity index (χ1) is 20.5. The maximum absolute atomic E-state index is 15.7. The fourth-order valence-corrected chi connectivity index (χ4v) is 4.94. The quantitative estimate of drug-likeness (QED) is 0.209. The van der Waals surface area contributed by atoms with Crippen LogP contribution in [0.15, 0.2) is 48.7 Å². The van der Waals surface area contributed by atoms with Gasteiger partial charge in [0, 0.05) is 22.7 Å². The van der Waals surface area contributed by atoms with Gasteiger partial charge in [0.25, 0.3) is 5.91 Å². The first-order valence-electron chi connectivity index (χ1n) is 13.5. The molecule has 5 rings (SSSR count). The third-order valence-corrected chi connectivity index (χ3v) is 7.47. The van der Waals surface area contributed by atoms with Crippen molar-refractivity contribution in [1.82, 2.24) is 15.3 Å². The fraction of sp³-hybridized carbons (Fsp3) is 0.323. The highest BCUT2D eigenvalue weighted by molar-refractivity contribution is 6.00. The van der Waals surface area contributed by atoms with Gasteiger partial charge in [0.15, 0.2) is 11.6 Å². The van der Waals surface area contributed by atoms with E-state index in [0.717, 1.165) is 56.5 Å². The molecular formula is C31H27F6N3O4. The zero-order valence-electron chi connectivity index (χ0n) is 23.7. The van der Waals surface area contributed by atoms with E-state index in [9.17, 15) is 32.6 Å². The third-order valence-electron chi connectivity index (χ3n) is 7.47. The van der Waals surface area contributed by atoms with Gasteiger partial charge in [-0.3, -0.25) is 9.78 Å². The van der Waals surface area contributed by atoms with E-state index in [0.29, 0.717) is 16.8 Å². The normalized spacial score (nSPS) is 15.2. The molecule has 1 saturated carbocycles. The summed E-state index contributed by atoms with van der Waals surface area (Å²) >= 11 is 0. The van der Waals surface area contributed by atoms with Crippen molar-refractivity contribution in [2.24, 2.45) is 0 Å². The zero-order chi connectivity index (χ0) is 32.2. The van der Waals surface area contributed by atoms with Crippen molar-refractivity contribution in [3.8, 4) is 17.0 Å². The molecule has 4 aromatic rings. The Bertz CT molecular complexity index is 1750. The molecule has 2 aromatic heterocycles. The van der Waals surface area contributed by atoms with Crippen LogP contribution < -0.4 is 10.1 Å². The van der Waals surface area contributed by atoms with E-state index in [4.69, 9.17) is 4.74 Å². The molecule has 0 aliphatic heterocycles. The van der Waals surface area contributed by atoms with Crippen molar-refractivity contribution in [3.05, 3.63) is 88.5 Å². The van der Waals surface area contributed by atoms with Crippen LogP contribution in [-0.4, -0.2) is 45.9 Å². The Labute approximate surface area is 247 Å². The Hall–Kier alpha value is -4.23. The van der Waals surface area contributed by atoms with Crippen LogP contribution >= 0.6 is 0 Å². The monoisotopic (exact) mass is 619 g/mol. The minimum absolute atomic E-state index is 0.134. The van der Waals surface area contributed by atoms with Crippen molar-refractivity contribution < 1.29 is 46.1 Å². The van der Waals surface area contributed by atoms with Gasteiger partial charge in [-0.2, -0.15) is 13.2 Å². The summed E-state index contributed by atoms with van der Waals surface area (Å²) in [6, 6.07) is 8.18. The average Bonchev–Trinajstić information content (AvgIpc) is 3.80. The summed E-state index contributed by atoms with van der Waals surface area (Å²) in [7, 11) is 1.33. The van der Waals surface area contributed by atoms with E-state index in [2.05, 4.69) is 9.97 Å². The molecule has 1 aliphatic rings. The number of hydrogen-bond acceptors (Lipinski definition) is 6. The van der Waals surface area contributed by atoms with Crippen LogP contribution in [0.1, 0.15) is 59.8 Å². The molecule has 3 N–H and O–H groups in total. The van der Waals surface area contributed by atoms with Gasteiger partial charge >= 0.3 is 6.18 Å². The number of hydrogen-bond donors (Lipinski definition) is 3. The SMILES string of the molecule is COc1cc(C(=O)NCC(O)(c2nc(-c3ccc(F)cc3)c(F)c(C(C)(C)O)c2F)C(F)(F)F)cc2cc(C3CC3)cnc12. The summed E-state index contributed by atoms with van der Waals surface area (Å²) in [6.07, 6.45) is -2.01. The highest BCUT2D eigenvalue weighted by Gasteiger charge is 2.58. The van der Waals surface area contributed by atoms with Crippen molar-refractivity contribution >= 4 is 16.8 Å². The molecule has 44 heavy (non-hydrogen) atoms. The number of amides is 1. The molecule has 7 nitrogen and oxygen atoms in total. The van der Waals surface area contributed by atoms with E-state index in [1.807, 2.05) is 5.32 Å². The standard InChI is InChI=1S/C31H27F6N3O4/c1-29(2,42)22-23(33)26(16-6-8-20(32)9-7-16)40-27(24(22)34)30(43,31(35,36)37)14-39-28(41)18-10-17-11-19(15-4-5-15)13-38-25(17)21(12-18)44-3/h6-13,15,42-43H,4-5,14H2,1-3H3,(H,39,41). The summed E-state index contributed by atoms with van der Waals surface area (Å²) in [5.41, 5.74) is -9.41. The lowest BCUT2D eigenvalue weighted by Crippen LogP contribution is -2.52. The van der Waals surface area contributed by atoms with Crippen molar-refractivity contribution in [2.45, 2.75) is 50.0 Å². The number of rotatable bonds is 8. The van der Waals surface area contributed by atoms with E-state index in [1.54, 1.807) is 12.3 Å². The number of fused-ring (bicyclic) bond motifs is 1. The number of carbonyl (C=O) groups is 1. The van der Waals surface area contributed by atoms with Crippen LogP contribution in [0.2, 0.25) is 0 Å². The number of ether oxygens (including phenoxy) is 1. The van der Waals surface area contributed by atoms with Gasteiger partial charge in [-0.1, -0.05) is 0 Å². The summed E-state index contributed by atoms with van der Waals surface area (Å²) in [4.78, 5) is 21.1. The summed E-state index contributed by atoms with van der Waals surface area (Å²) in [5.74, 6) is -4.82. The first kappa shape index (κ1) is 31.2. The zero-order valence-corrected chi connectivity index (χ0v) is 23.7. The fourth-order valence-electron chi connectivity index (χ4n) is 4.94. The topological polar surface area (TPSA) is 105 Å². The predicted molar refractivity (Wildman–Crippen MR) is 147 cm³/mol. The summed E-state index contributed by atoms with van der Waals surface area (Å²) < 4.78 is 93.7. The number of aliphatic hydroxyl groups is 2. The number of benzene rings is 2. The van der Waals surface area contributed by atoms with Crippen LogP contribution in [0, 0.1) is 17.5 Å². The van der Waals surface area contributed by atoms with Gasteiger partial charge in [0.05, 0.1) is 24.8 Å². The Morgan fingerprint density at radius 3 is 2.25 bits per heavy atom. The Balaban J connectivity index is 1.58. The number of aromatic nitrogens is 2. The number of carbonyl (C=O) groups excluding carboxylic acids is 1. The molecule has 232 valence electrons. The minimum atomic E-state index is -5.66. The second-order valence-corrected chi connectivity index (χ2v) is 11.2. The lowest BCUT2D eigenvalue weighted by molar-refractivity contribution is -0.266. The molecular weight excluding hydrogens is 592 g/mol. The molecule has 1 amide bonds. The largest absolute Gasteiger partial charge is 0.494 e. The van der Waals surface area contributed by atoms with Crippen LogP contribution in [0.25, 0.3) is 22.2 Å². The van der Waals surface area contributed by atoms with Crippen LogP contribution in [0.5, 0.6) is 5.75 Å². The summed E-state index contributed by atoms with van der Waals surface area (Å²) in [5, 5.41) is 24.0. The van der Waals surface area contributed by atoms with Gasteiger partial charge in [-0.25, -0.2) is 18.2 Å². The number of halogens is 6. The number of nitrogens with one attached hydrogen (secondary N) is 1. The van der Waals surface area contributed by atoms with E-state index >= 15 is 8.78 Å². The third kappa shape index (κ3) is 5.69. The Morgan fingerprint density at radius 1 is 1.02 bits per heavy atom. The predicted octanol–water partition coefficient (Wildman–Crippen LogP) is 6.01. The Kier molecular flexibility index (Phi) is 7.83. The maximum Gasteiger partial charge on any atom is 0.424 e. The van der Waals surface area contributed by atoms with Crippen LogP contribution in [0.3, 0.4) is 0 Å². The van der Waals surface area contributed by atoms with E-state index < -0.39 is 64.2 Å². The highest BCUT2D eigenvalue weighted by Crippen LogP contribution is 2.44. The van der Waals surface area contributed by atoms with Gasteiger partial charge in [-0.05, 0) is 80.6 Å². The smallest absolute Gasteiger partial charge is 0.424 e. The minimum Gasteiger partial charge on any atom is -0.494 e. The molecule has 0 radical (unpaired) electrons. The van der Waals surface area contributed by atoms with Crippen LogP contribution in [-0.2, 0) is 11.2 Å². The second kappa shape index (κ2) is 11.0. The number of methoxy groups -OCH3 is 1. The molecule has 0 bridgehead atoms. The molecule has 2 aromatic carbocycles. The number of nitrogens with zero attached hydrogens (tertiary/aromatic N) is 2. The van der Waals surface area contributed by atoms with Crippen molar-refractivity contribution in [3.63, 3.8) is 0 Å². The lowest BCUT2D eigenvalue weighted by Gasteiger charge is -2.32. The number of pyridine rings is 2. The Morgan fingerprint density at radius 2 is 1.68 bits per heavy atom. The average molecular weight is 620 g/mol. The molecule has 1 fully saturated rings. The van der Waals surface area contributed by atoms with Gasteiger partial charge in [0.1, 0.15) is 28.5 Å². The van der Waals surface area contributed by atoms with Crippen LogP contribution in [0.4, 0.5) is 26.3 Å². The molecule has 0 spiro atoms. The van der Waals surface area contributed by atoms with Gasteiger partial charge < -0.3 is 20.3 Å². The first-order valence-corrected chi connectivity index (χ1v) is 13.5. The molecule has 13 heteroatoms. The molecule has 1 aliphatic carbocycles. The van der Waals surface area contributed by atoms with Crippen molar-refractivity contribution in [2.75, 3.05) is 13.7 Å². The van der Waals surface area contributed by atoms with Gasteiger partial charge in [-0.15, -0.1) is 0 Å². The molecule has 1 atom stereocenters. The number of alkyl halides is 3. The summed E-state index contributed by atoms with van der Waals surface area (Å²) in [6.45, 7) is 0.217. The van der Waals surface area contributed by atoms with Gasteiger partial charge in [0.2, 0.25) is 5.60 Å². The van der Waals surface area contributed by atoms with E-state index in [1.165, 1.54) is 19.2 Å². The molecule has 0 saturated heterocycles. The second-order valence-electron chi connectivity index (χ2n) is 11.2. The molecule has 1 unspecified atom stereocenters. The lowest BCUT2D eigenvalue weighted by atomic mass is 9.89. The molecule has 2 heterocycles. The maximum atomic E-state index is 15.7. The highest BCUT2D eigenvalue weighted by atomic mass is 19.4.